The van der Waals surface area contributed by atoms with Crippen LogP contribution in [0, 0.1) is 0 Å². The zero-order chi connectivity index (χ0) is 14.8. The summed E-state index contributed by atoms with van der Waals surface area (Å²) in [5.41, 5.74) is 0. The highest BCUT2D eigenvalue weighted by atomic mass is 16.5. The summed E-state index contributed by atoms with van der Waals surface area (Å²) < 4.78 is 15.7. The van der Waals surface area contributed by atoms with Gasteiger partial charge in [-0.2, -0.15) is 0 Å². The number of aromatic nitrogens is 2. The van der Waals surface area contributed by atoms with Crippen molar-refractivity contribution < 1.29 is 14.2 Å². The molecule has 2 N–H and O–H groups in total. The Hall–Kier alpha value is -1.60. The van der Waals surface area contributed by atoms with Crippen LogP contribution in [0.1, 0.15) is 13.3 Å². The maximum Gasteiger partial charge on any atom is 0.204 e. The Bertz CT molecular complexity index is 390. The van der Waals surface area contributed by atoms with Crippen LogP contribution in [0.5, 0.6) is 5.75 Å². The van der Waals surface area contributed by atoms with E-state index in [1.54, 1.807) is 21.3 Å². The number of methoxy groups -OCH3 is 3. The van der Waals surface area contributed by atoms with E-state index < -0.39 is 0 Å². The first kappa shape index (κ1) is 16.5. The van der Waals surface area contributed by atoms with Crippen molar-refractivity contribution in [2.75, 3.05) is 51.7 Å². The quantitative estimate of drug-likeness (QED) is 0.672. The Morgan fingerprint density at radius 1 is 1.15 bits per heavy atom. The van der Waals surface area contributed by atoms with Crippen molar-refractivity contribution in [2.24, 2.45) is 0 Å². The first-order chi connectivity index (χ1) is 9.76. The molecule has 0 aliphatic carbocycles. The van der Waals surface area contributed by atoms with Crippen molar-refractivity contribution in [2.45, 2.75) is 19.4 Å². The number of nitrogens with one attached hydrogen (secondary N) is 2. The van der Waals surface area contributed by atoms with Gasteiger partial charge in [0.05, 0.1) is 19.8 Å². The lowest BCUT2D eigenvalue weighted by molar-refractivity contribution is 0.0365. The summed E-state index contributed by atoms with van der Waals surface area (Å²) in [6.07, 6.45) is 2.46. The second-order valence-corrected chi connectivity index (χ2v) is 4.22. The third-order valence-electron chi connectivity index (χ3n) is 2.73. The van der Waals surface area contributed by atoms with Gasteiger partial charge in [0, 0.05) is 27.3 Å². The van der Waals surface area contributed by atoms with Gasteiger partial charge in [0.1, 0.15) is 6.33 Å². The predicted octanol–water partition coefficient (Wildman–Crippen LogP) is 1.38. The Morgan fingerprint density at radius 3 is 2.40 bits per heavy atom. The zero-order valence-electron chi connectivity index (χ0n) is 12.6. The molecule has 0 fully saturated rings. The Labute approximate surface area is 120 Å². The second-order valence-electron chi connectivity index (χ2n) is 4.22. The van der Waals surface area contributed by atoms with Crippen LogP contribution >= 0.6 is 0 Å². The fourth-order valence-corrected chi connectivity index (χ4v) is 1.67. The molecule has 0 saturated heterocycles. The van der Waals surface area contributed by atoms with Crippen molar-refractivity contribution in [3.05, 3.63) is 6.33 Å². The molecule has 0 aliphatic rings. The third-order valence-corrected chi connectivity index (χ3v) is 2.73. The van der Waals surface area contributed by atoms with Gasteiger partial charge in [-0.3, -0.25) is 0 Å². The molecule has 20 heavy (non-hydrogen) atoms. The van der Waals surface area contributed by atoms with Crippen LogP contribution < -0.4 is 15.4 Å². The van der Waals surface area contributed by atoms with Crippen molar-refractivity contribution in [3.63, 3.8) is 0 Å². The molecule has 1 rings (SSSR count). The van der Waals surface area contributed by atoms with Gasteiger partial charge in [0.2, 0.25) is 5.75 Å². The van der Waals surface area contributed by atoms with E-state index in [1.165, 1.54) is 6.33 Å². The molecule has 1 aromatic heterocycles. The molecule has 0 amide bonds. The fraction of sp³-hybridized carbons (Fsp3) is 0.692. The van der Waals surface area contributed by atoms with Crippen molar-refractivity contribution in [3.8, 4) is 5.75 Å². The molecule has 0 aromatic carbocycles. The van der Waals surface area contributed by atoms with Crippen LogP contribution in [0.3, 0.4) is 0 Å². The minimum atomic E-state index is -0.0493. The Morgan fingerprint density at radius 2 is 1.85 bits per heavy atom. The molecule has 0 aliphatic heterocycles. The van der Waals surface area contributed by atoms with E-state index >= 15 is 0 Å². The lowest BCUT2D eigenvalue weighted by atomic mass is 10.3. The van der Waals surface area contributed by atoms with Gasteiger partial charge in [0.25, 0.3) is 0 Å². The normalized spacial score (nSPS) is 12.0. The van der Waals surface area contributed by atoms with Crippen molar-refractivity contribution in [1.29, 1.82) is 0 Å². The van der Waals surface area contributed by atoms with Gasteiger partial charge >= 0.3 is 0 Å². The number of rotatable bonds is 10. The Kier molecular flexibility index (Phi) is 7.67. The molecule has 0 spiro atoms. The number of nitrogens with zero attached hydrogens (tertiary/aromatic N) is 2. The predicted molar refractivity (Wildman–Crippen MR) is 78.5 cm³/mol. The van der Waals surface area contributed by atoms with Gasteiger partial charge in [-0.15, -0.1) is 0 Å². The molecule has 7 nitrogen and oxygen atoms in total. The van der Waals surface area contributed by atoms with E-state index in [0.717, 1.165) is 13.0 Å². The zero-order valence-corrected chi connectivity index (χ0v) is 12.6. The maximum atomic E-state index is 5.38. The van der Waals surface area contributed by atoms with E-state index in [-0.39, 0.29) is 6.10 Å². The Balaban J connectivity index is 2.73. The minimum Gasteiger partial charge on any atom is -0.490 e. The average molecular weight is 284 g/mol. The highest BCUT2D eigenvalue weighted by Crippen LogP contribution is 2.28. The summed E-state index contributed by atoms with van der Waals surface area (Å²) in [5, 5.41) is 6.40. The van der Waals surface area contributed by atoms with E-state index in [4.69, 9.17) is 14.2 Å². The molecule has 1 atom stereocenters. The van der Waals surface area contributed by atoms with Crippen LogP contribution in [0.4, 0.5) is 11.6 Å². The van der Waals surface area contributed by atoms with Crippen molar-refractivity contribution in [1.82, 2.24) is 9.97 Å². The number of hydrogen-bond donors (Lipinski definition) is 2. The van der Waals surface area contributed by atoms with Gasteiger partial charge in [0.15, 0.2) is 11.6 Å². The van der Waals surface area contributed by atoms with Crippen molar-refractivity contribution >= 4 is 11.6 Å². The van der Waals surface area contributed by atoms with E-state index in [2.05, 4.69) is 27.5 Å². The summed E-state index contributed by atoms with van der Waals surface area (Å²) in [5.74, 6) is 1.93. The summed E-state index contributed by atoms with van der Waals surface area (Å²) in [6, 6.07) is 0. The number of ether oxygens (including phenoxy) is 3. The molecular formula is C13H24N4O3. The third kappa shape index (κ3) is 4.82. The minimum absolute atomic E-state index is 0.0493. The van der Waals surface area contributed by atoms with Gasteiger partial charge in [-0.05, 0) is 6.42 Å². The summed E-state index contributed by atoms with van der Waals surface area (Å²) in [6.45, 7) is 4.01. The van der Waals surface area contributed by atoms with Crippen LogP contribution in [-0.4, -0.2) is 57.1 Å². The van der Waals surface area contributed by atoms with E-state index in [9.17, 15) is 0 Å². The lowest BCUT2D eigenvalue weighted by Crippen LogP contribution is -2.27. The molecule has 0 radical (unpaired) electrons. The summed E-state index contributed by atoms with van der Waals surface area (Å²) >= 11 is 0. The molecule has 1 heterocycles. The number of anilines is 2. The molecule has 7 heteroatoms. The molecular weight excluding hydrogens is 260 g/mol. The van der Waals surface area contributed by atoms with Crippen LogP contribution in [0.2, 0.25) is 0 Å². The highest BCUT2D eigenvalue weighted by Gasteiger charge is 2.13. The van der Waals surface area contributed by atoms with Gasteiger partial charge < -0.3 is 24.8 Å². The molecule has 0 saturated carbocycles. The SMILES string of the molecule is CCCNc1ncnc(NCC(COC)OC)c1OC. The number of hydrogen-bond acceptors (Lipinski definition) is 7. The smallest absolute Gasteiger partial charge is 0.204 e. The highest BCUT2D eigenvalue weighted by molar-refractivity contribution is 5.63. The monoisotopic (exact) mass is 284 g/mol. The largest absolute Gasteiger partial charge is 0.490 e. The molecule has 114 valence electrons. The van der Waals surface area contributed by atoms with Gasteiger partial charge in [-0.1, -0.05) is 6.92 Å². The van der Waals surface area contributed by atoms with Gasteiger partial charge in [-0.25, -0.2) is 9.97 Å². The first-order valence-electron chi connectivity index (χ1n) is 6.65. The first-order valence-corrected chi connectivity index (χ1v) is 6.65. The average Bonchev–Trinajstić information content (AvgIpc) is 2.49. The molecule has 0 bridgehead atoms. The summed E-state index contributed by atoms with van der Waals surface area (Å²) in [7, 11) is 4.89. The summed E-state index contributed by atoms with van der Waals surface area (Å²) in [4.78, 5) is 8.39. The maximum absolute atomic E-state index is 5.38. The topological polar surface area (TPSA) is 77.5 Å². The molecule has 1 unspecified atom stereocenters. The second kappa shape index (κ2) is 9.33. The standard InChI is InChI=1S/C13H24N4O3/c1-5-6-14-12-11(20-4)13(17-9-16-12)15-7-10(19-3)8-18-2/h9-10H,5-8H2,1-4H3,(H2,14,15,16,17). The van der Waals surface area contributed by atoms with E-state index in [0.29, 0.717) is 30.5 Å². The van der Waals surface area contributed by atoms with Crippen LogP contribution in [0.15, 0.2) is 6.33 Å². The van der Waals surface area contributed by atoms with Crippen LogP contribution in [0.25, 0.3) is 0 Å². The molecule has 1 aromatic rings. The lowest BCUT2D eigenvalue weighted by Gasteiger charge is -2.17. The van der Waals surface area contributed by atoms with E-state index in [1.807, 2.05) is 0 Å². The van der Waals surface area contributed by atoms with Crippen LogP contribution in [-0.2, 0) is 9.47 Å². The fourth-order valence-electron chi connectivity index (χ4n) is 1.67.